The molecule has 2 aliphatic heterocycles. The second-order valence-electron chi connectivity index (χ2n) is 5.09. The summed E-state index contributed by atoms with van der Waals surface area (Å²) in [7, 11) is 0. The molecule has 0 fully saturated rings. The summed E-state index contributed by atoms with van der Waals surface area (Å²) in [5.74, 6) is -0.603. The van der Waals surface area contributed by atoms with Crippen LogP contribution in [-0.4, -0.2) is 17.7 Å². The second-order valence-corrected chi connectivity index (χ2v) is 5.09. The van der Waals surface area contributed by atoms with Gasteiger partial charge in [-0.1, -0.05) is 30.3 Å². The van der Waals surface area contributed by atoms with Crippen molar-refractivity contribution in [1.82, 2.24) is 0 Å². The van der Waals surface area contributed by atoms with Gasteiger partial charge in [0.2, 0.25) is 5.91 Å². The Morgan fingerprint density at radius 2 is 1.55 bits per heavy atom. The van der Waals surface area contributed by atoms with Crippen molar-refractivity contribution in [1.29, 1.82) is 0 Å². The molecule has 4 rings (SSSR count). The number of carbonyl (C=O) groups is 2. The first-order valence-corrected chi connectivity index (χ1v) is 6.55. The molecular weight excluding hydrogens is 252 g/mol. The van der Waals surface area contributed by atoms with Crippen LogP contribution in [0.25, 0.3) is 0 Å². The van der Waals surface area contributed by atoms with Crippen molar-refractivity contribution in [3.63, 3.8) is 0 Å². The van der Waals surface area contributed by atoms with Gasteiger partial charge in [0.1, 0.15) is 6.04 Å². The maximum absolute atomic E-state index is 12.5. The Morgan fingerprint density at radius 3 is 2.35 bits per heavy atom. The van der Waals surface area contributed by atoms with Crippen LogP contribution < -0.4 is 10.6 Å². The van der Waals surface area contributed by atoms with Crippen LogP contribution in [0.1, 0.15) is 21.8 Å². The summed E-state index contributed by atoms with van der Waals surface area (Å²) >= 11 is 0. The van der Waals surface area contributed by atoms with Crippen LogP contribution in [0.5, 0.6) is 0 Å². The van der Waals surface area contributed by atoms with Gasteiger partial charge in [0.25, 0.3) is 0 Å². The van der Waals surface area contributed by atoms with Crippen molar-refractivity contribution >= 4 is 23.1 Å². The molecule has 2 atom stereocenters. The molecule has 0 bridgehead atoms. The number of carbonyl (C=O) groups excluding carboxylic acids is 2. The summed E-state index contributed by atoms with van der Waals surface area (Å²) in [6.45, 7) is 0. The first-order chi connectivity index (χ1) is 9.75. The molecule has 2 heterocycles. The molecule has 1 amide bonds. The van der Waals surface area contributed by atoms with Crippen molar-refractivity contribution < 1.29 is 9.59 Å². The van der Waals surface area contributed by atoms with E-state index in [9.17, 15) is 9.59 Å². The van der Waals surface area contributed by atoms with E-state index in [1.165, 1.54) is 0 Å². The van der Waals surface area contributed by atoms with E-state index < -0.39 is 12.0 Å². The Labute approximate surface area is 115 Å². The average Bonchev–Trinajstić information content (AvgIpc) is 2.96. The number of nitrogens with one attached hydrogen (secondary N) is 2. The molecule has 0 aromatic heterocycles. The fourth-order valence-electron chi connectivity index (χ4n) is 3.02. The molecule has 2 N–H and O–H groups in total. The number of hydrogen-bond donors (Lipinski definition) is 2. The predicted octanol–water partition coefficient (Wildman–Crippen LogP) is 2.40. The maximum Gasteiger partial charge on any atom is 0.234 e. The average molecular weight is 264 g/mol. The van der Waals surface area contributed by atoms with Crippen molar-refractivity contribution in [3.8, 4) is 0 Å². The molecule has 2 aliphatic rings. The Hall–Kier alpha value is -2.62. The number of fused-ring (bicyclic) bond motifs is 2. The third kappa shape index (κ3) is 1.42. The van der Waals surface area contributed by atoms with Gasteiger partial charge in [-0.2, -0.15) is 0 Å². The SMILES string of the molecule is O=C1c2ccccc2N[C@H]1[C@@H]1C(=O)Nc2ccccc21. The van der Waals surface area contributed by atoms with Crippen molar-refractivity contribution in [2.45, 2.75) is 12.0 Å². The highest BCUT2D eigenvalue weighted by molar-refractivity contribution is 6.16. The van der Waals surface area contributed by atoms with Crippen LogP contribution >= 0.6 is 0 Å². The highest BCUT2D eigenvalue weighted by Gasteiger charge is 2.44. The van der Waals surface area contributed by atoms with Crippen LogP contribution in [0.15, 0.2) is 48.5 Å². The normalized spacial score (nSPS) is 23.0. The van der Waals surface area contributed by atoms with Gasteiger partial charge >= 0.3 is 0 Å². The smallest absolute Gasteiger partial charge is 0.234 e. The molecule has 0 unspecified atom stereocenters. The van der Waals surface area contributed by atoms with Crippen LogP contribution in [0.4, 0.5) is 11.4 Å². The minimum atomic E-state index is -0.518. The number of anilines is 2. The van der Waals surface area contributed by atoms with Crippen LogP contribution in [-0.2, 0) is 4.79 Å². The Kier molecular flexibility index (Phi) is 2.21. The topological polar surface area (TPSA) is 58.2 Å². The molecule has 98 valence electrons. The summed E-state index contributed by atoms with van der Waals surface area (Å²) in [4.78, 5) is 24.7. The molecule has 20 heavy (non-hydrogen) atoms. The van der Waals surface area contributed by atoms with Crippen LogP contribution in [0.3, 0.4) is 0 Å². The van der Waals surface area contributed by atoms with Crippen molar-refractivity contribution in [2.75, 3.05) is 10.6 Å². The lowest BCUT2D eigenvalue weighted by Crippen LogP contribution is -2.34. The summed E-state index contributed by atoms with van der Waals surface area (Å²) in [5.41, 5.74) is 3.15. The molecule has 0 saturated heterocycles. The molecule has 4 nitrogen and oxygen atoms in total. The van der Waals surface area contributed by atoms with E-state index >= 15 is 0 Å². The van der Waals surface area contributed by atoms with Crippen molar-refractivity contribution in [2.24, 2.45) is 0 Å². The largest absolute Gasteiger partial charge is 0.373 e. The highest BCUT2D eigenvalue weighted by atomic mass is 16.2. The maximum atomic E-state index is 12.5. The first-order valence-electron chi connectivity index (χ1n) is 6.55. The number of hydrogen-bond acceptors (Lipinski definition) is 3. The Morgan fingerprint density at radius 1 is 0.850 bits per heavy atom. The molecule has 2 aromatic carbocycles. The van der Waals surface area contributed by atoms with Gasteiger partial charge in [-0.15, -0.1) is 0 Å². The van der Waals surface area contributed by atoms with Gasteiger partial charge < -0.3 is 10.6 Å². The zero-order valence-electron chi connectivity index (χ0n) is 10.6. The van der Waals surface area contributed by atoms with Crippen molar-refractivity contribution in [3.05, 3.63) is 59.7 Å². The molecule has 0 radical (unpaired) electrons. The summed E-state index contributed by atoms with van der Waals surface area (Å²) in [5, 5.41) is 6.03. The van der Waals surface area contributed by atoms with Gasteiger partial charge in [0.15, 0.2) is 5.78 Å². The van der Waals surface area contributed by atoms with Gasteiger partial charge in [-0.25, -0.2) is 0 Å². The number of amides is 1. The zero-order chi connectivity index (χ0) is 13.7. The molecule has 0 saturated carbocycles. The lowest BCUT2D eigenvalue weighted by atomic mass is 9.90. The predicted molar refractivity (Wildman–Crippen MR) is 76.0 cm³/mol. The van der Waals surface area contributed by atoms with Gasteiger partial charge in [0.05, 0.1) is 5.92 Å². The monoisotopic (exact) mass is 264 g/mol. The third-order valence-electron chi connectivity index (χ3n) is 3.96. The number of ketones is 1. The number of benzene rings is 2. The summed E-state index contributed by atoms with van der Waals surface area (Å²) in [6, 6.07) is 14.4. The second kappa shape index (κ2) is 3.93. The fraction of sp³-hybridized carbons (Fsp3) is 0.125. The van der Waals surface area contributed by atoms with Crippen LogP contribution in [0, 0.1) is 0 Å². The molecular formula is C16H12N2O2. The van der Waals surface area contributed by atoms with Gasteiger partial charge in [-0.3, -0.25) is 9.59 Å². The number of para-hydroxylation sites is 2. The van der Waals surface area contributed by atoms with Crippen LogP contribution in [0.2, 0.25) is 0 Å². The lowest BCUT2D eigenvalue weighted by Gasteiger charge is -2.16. The quantitative estimate of drug-likeness (QED) is 0.831. The standard InChI is InChI=1S/C16H12N2O2/c19-15-10-6-2-4-8-12(10)17-14(15)13-9-5-1-3-7-11(9)18-16(13)20/h1-8,13-14,17H,(H,18,20)/t13-,14+/m1/s1. The minimum absolute atomic E-state index is 0.0162. The van der Waals surface area contributed by atoms with E-state index in [0.29, 0.717) is 5.56 Å². The number of Topliss-reactive ketones (excluding diaryl/α,β-unsaturated/α-hetero) is 1. The summed E-state index contributed by atoms with van der Waals surface area (Å²) in [6.07, 6.45) is 0. The third-order valence-corrected chi connectivity index (χ3v) is 3.96. The van der Waals surface area contributed by atoms with Gasteiger partial charge in [0, 0.05) is 16.9 Å². The van der Waals surface area contributed by atoms with Gasteiger partial charge in [-0.05, 0) is 23.8 Å². The number of rotatable bonds is 1. The lowest BCUT2D eigenvalue weighted by molar-refractivity contribution is -0.117. The van der Waals surface area contributed by atoms with E-state index in [2.05, 4.69) is 10.6 Å². The Bertz CT molecular complexity index is 739. The van der Waals surface area contributed by atoms with E-state index in [4.69, 9.17) is 0 Å². The zero-order valence-corrected chi connectivity index (χ0v) is 10.6. The van der Waals surface area contributed by atoms with E-state index in [1.807, 2.05) is 42.5 Å². The molecule has 0 spiro atoms. The highest BCUT2D eigenvalue weighted by Crippen LogP contribution is 2.39. The molecule has 4 heteroatoms. The minimum Gasteiger partial charge on any atom is -0.373 e. The first kappa shape index (κ1) is 11.2. The molecule has 2 aromatic rings. The van der Waals surface area contributed by atoms with E-state index in [1.54, 1.807) is 6.07 Å². The fourth-order valence-corrected chi connectivity index (χ4v) is 3.02. The van der Waals surface area contributed by atoms with E-state index in [0.717, 1.165) is 16.9 Å². The summed E-state index contributed by atoms with van der Waals surface area (Å²) < 4.78 is 0. The molecule has 0 aliphatic carbocycles. The van der Waals surface area contributed by atoms with E-state index in [-0.39, 0.29) is 11.7 Å². The Balaban J connectivity index is 1.77.